The Morgan fingerprint density at radius 3 is 3.21 bits per heavy atom. The molecular formula is C8H8N4O2. The van der Waals surface area contributed by atoms with E-state index in [1.807, 2.05) is 0 Å². The van der Waals surface area contributed by atoms with Gasteiger partial charge in [-0.2, -0.15) is 9.61 Å². The molecule has 0 saturated carbocycles. The van der Waals surface area contributed by atoms with E-state index in [2.05, 4.69) is 20.0 Å². The second kappa shape index (κ2) is 3.41. The van der Waals surface area contributed by atoms with Crippen LogP contribution in [0.1, 0.15) is 5.82 Å². The SMILES string of the molecule is COC(=O)Cc1nnc2cccnn12. The van der Waals surface area contributed by atoms with E-state index in [1.54, 1.807) is 18.3 Å². The number of esters is 1. The predicted octanol–water partition coefficient (Wildman–Crippen LogP) is -0.160. The summed E-state index contributed by atoms with van der Waals surface area (Å²) in [4.78, 5) is 11.0. The Morgan fingerprint density at radius 1 is 1.57 bits per heavy atom. The lowest BCUT2D eigenvalue weighted by atomic mass is 10.4. The lowest BCUT2D eigenvalue weighted by molar-refractivity contribution is -0.139. The van der Waals surface area contributed by atoms with Crippen molar-refractivity contribution in [3.63, 3.8) is 0 Å². The highest BCUT2D eigenvalue weighted by Gasteiger charge is 2.10. The van der Waals surface area contributed by atoms with E-state index in [-0.39, 0.29) is 12.4 Å². The van der Waals surface area contributed by atoms with Crippen molar-refractivity contribution in [2.45, 2.75) is 6.42 Å². The fraction of sp³-hybridized carbons (Fsp3) is 0.250. The fourth-order valence-electron chi connectivity index (χ4n) is 1.10. The highest BCUT2D eigenvalue weighted by atomic mass is 16.5. The van der Waals surface area contributed by atoms with E-state index < -0.39 is 0 Å². The standard InChI is InChI=1S/C8H8N4O2/c1-14-8(13)5-7-11-10-6-3-2-4-9-12(6)7/h2-4H,5H2,1H3. The Labute approximate surface area is 79.5 Å². The third kappa shape index (κ3) is 1.41. The summed E-state index contributed by atoms with van der Waals surface area (Å²) in [7, 11) is 1.33. The zero-order valence-electron chi connectivity index (χ0n) is 7.54. The molecule has 0 radical (unpaired) electrons. The Morgan fingerprint density at radius 2 is 2.43 bits per heavy atom. The van der Waals surface area contributed by atoms with Gasteiger partial charge in [0.1, 0.15) is 6.42 Å². The fourth-order valence-corrected chi connectivity index (χ4v) is 1.10. The molecule has 2 heterocycles. The lowest BCUT2D eigenvalue weighted by Gasteiger charge is -1.96. The summed E-state index contributed by atoms with van der Waals surface area (Å²) in [6.45, 7) is 0. The zero-order chi connectivity index (χ0) is 9.97. The first-order valence-corrected chi connectivity index (χ1v) is 4.03. The quantitative estimate of drug-likeness (QED) is 0.618. The number of methoxy groups -OCH3 is 1. The van der Waals surface area contributed by atoms with Gasteiger partial charge in [-0.25, -0.2) is 0 Å². The van der Waals surface area contributed by atoms with Crippen LogP contribution in [0.5, 0.6) is 0 Å². The summed E-state index contributed by atoms with van der Waals surface area (Å²) < 4.78 is 6.04. The van der Waals surface area contributed by atoms with Crippen molar-refractivity contribution in [1.82, 2.24) is 19.8 Å². The van der Waals surface area contributed by atoms with Gasteiger partial charge in [-0.3, -0.25) is 4.79 Å². The van der Waals surface area contributed by atoms with Gasteiger partial charge in [0, 0.05) is 6.20 Å². The number of fused-ring (bicyclic) bond motifs is 1. The summed E-state index contributed by atoms with van der Waals surface area (Å²) in [6.07, 6.45) is 1.69. The molecule has 0 aliphatic rings. The second-order valence-electron chi connectivity index (χ2n) is 2.66. The summed E-state index contributed by atoms with van der Waals surface area (Å²) in [5, 5.41) is 11.7. The van der Waals surface area contributed by atoms with E-state index in [0.717, 1.165) is 0 Å². The molecule has 2 aromatic rings. The smallest absolute Gasteiger partial charge is 0.313 e. The molecule has 2 rings (SSSR count). The van der Waals surface area contributed by atoms with Crippen LogP contribution in [0, 0.1) is 0 Å². The van der Waals surface area contributed by atoms with Crippen LogP contribution in [-0.2, 0) is 16.0 Å². The van der Waals surface area contributed by atoms with E-state index in [1.165, 1.54) is 11.6 Å². The lowest BCUT2D eigenvalue weighted by Crippen LogP contribution is -2.08. The van der Waals surface area contributed by atoms with Crippen LogP contribution in [0.2, 0.25) is 0 Å². The molecule has 6 nitrogen and oxygen atoms in total. The Balaban J connectivity index is 2.38. The first kappa shape index (κ1) is 8.61. The number of hydrogen-bond donors (Lipinski definition) is 0. The van der Waals surface area contributed by atoms with Gasteiger partial charge < -0.3 is 4.74 Å². The Bertz CT molecular complexity index is 465. The van der Waals surface area contributed by atoms with Crippen LogP contribution in [0.25, 0.3) is 5.65 Å². The number of carbonyl (C=O) groups excluding carboxylic acids is 1. The molecule has 0 atom stereocenters. The molecule has 6 heteroatoms. The van der Waals surface area contributed by atoms with E-state index in [9.17, 15) is 4.79 Å². The second-order valence-corrected chi connectivity index (χ2v) is 2.66. The molecule has 0 amide bonds. The van der Waals surface area contributed by atoms with Crippen molar-refractivity contribution in [3.05, 3.63) is 24.2 Å². The molecule has 0 bridgehead atoms. The number of carbonyl (C=O) groups is 1. The highest BCUT2D eigenvalue weighted by molar-refractivity contribution is 5.71. The van der Waals surface area contributed by atoms with Gasteiger partial charge in [0.2, 0.25) is 0 Å². The molecule has 0 unspecified atom stereocenters. The van der Waals surface area contributed by atoms with Crippen LogP contribution in [0.15, 0.2) is 18.3 Å². The minimum atomic E-state index is -0.357. The van der Waals surface area contributed by atoms with Crippen LogP contribution in [-0.4, -0.2) is 32.9 Å². The van der Waals surface area contributed by atoms with Crippen molar-refractivity contribution in [2.75, 3.05) is 7.11 Å². The third-order valence-electron chi connectivity index (χ3n) is 1.77. The van der Waals surface area contributed by atoms with Gasteiger partial charge in [0.15, 0.2) is 11.5 Å². The number of hydrogen-bond acceptors (Lipinski definition) is 5. The molecule has 14 heavy (non-hydrogen) atoms. The molecule has 0 fully saturated rings. The van der Waals surface area contributed by atoms with Crippen LogP contribution >= 0.6 is 0 Å². The van der Waals surface area contributed by atoms with Gasteiger partial charge in [0.05, 0.1) is 7.11 Å². The van der Waals surface area contributed by atoms with Crippen LogP contribution in [0.3, 0.4) is 0 Å². The van der Waals surface area contributed by atoms with E-state index >= 15 is 0 Å². The van der Waals surface area contributed by atoms with Gasteiger partial charge >= 0.3 is 5.97 Å². The van der Waals surface area contributed by atoms with Crippen molar-refractivity contribution in [2.24, 2.45) is 0 Å². The van der Waals surface area contributed by atoms with Crippen LogP contribution in [0.4, 0.5) is 0 Å². The first-order chi connectivity index (χ1) is 6.81. The highest BCUT2D eigenvalue weighted by Crippen LogP contribution is 2.01. The molecule has 2 aromatic heterocycles. The normalized spacial score (nSPS) is 10.4. The number of rotatable bonds is 2. The largest absolute Gasteiger partial charge is 0.469 e. The molecular weight excluding hydrogens is 184 g/mol. The third-order valence-corrected chi connectivity index (χ3v) is 1.77. The molecule has 0 aromatic carbocycles. The van der Waals surface area contributed by atoms with E-state index in [4.69, 9.17) is 0 Å². The van der Waals surface area contributed by atoms with Gasteiger partial charge in [0.25, 0.3) is 0 Å². The van der Waals surface area contributed by atoms with Gasteiger partial charge in [-0.05, 0) is 12.1 Å². The first-order valence-electron chi connectivity index (χ1n) is 4.03. The molecule has 0 spiro atoms. The monoisotopic (exact) mass is 192 g/mol. The van der Waals surface area contributed by atoms with Crippen molar-refractivity contribution in [3.8, 4) is 0 Å². The van der Waals surface area contributed by atoms with Gasteiger partial charge in [-0.1, -0.05) is 0 Å². The number of ether oxygens (including phenoxy) is 1. The van der Waals surface area contributed by atoms with Crippen molar-refractivity contribution in [1.29, 1.82) is 0 Å². The average Bonchev–Trinajstić information content (AvgIpc) is 2.62. The van der Waals surface area contributed by atoms with Crippen molar-refractivity contribution >= 4 is 11.6 Å². The summed E-state index contributed by atoms with van der Waals surface area (Å²) in [6, 6.07) is 3.52. The van der Waals surface area contributed by atoms with Crippen molar-refractivity contribution < 1.29 is 9.53 Å². The van der Waals surface area contributed by atoms with Crippen LogP contribution < -0.4 is 0 Å². The molecule has 0 N–H and O–H groups in total. The molecule has 72 valence electrons. The topological polar surface area (TPSA) is 69.4 Å². The summed E-state index contributed by atoms with van der Waals surface area (Å²) in [5.74, 6) is 0.123. The Kier molecular flexibility index (Phi) is 2.10. The predicted molar refractivity (Wildman–Crippen MR) is 46.5 cm³/mol. The minimum absolute atomic E-state index is 0.0781. The number of aromatic nitrogens is 4. The number of nitrogens with zero attached hydrogens (tertiary/aromatic N) is 4. The maximum absolute atomic E-state index is 11.0. The molecule has 0 aliphatic heterocycles. The molecule has 0 aliphatic carbocycles. The minimum Gasteiger partial charge on any atom is -0.469 e. The Hall–Kier alpha value is -1.98. The average molecular weight is 192 g/mol. The van der Waals surface area contributed by atoms with Gasteiger partial charge in [-0.15, -0.1) is 10.2 Å². The maximum atomic E-state index is 11.0. The molecule has 0 saturated heterocycles. The summed E-state index contributed by atoms with van der Waals surface area (Å²) >= 11 is 0. The maximum Gasteiger partial charge on any atom is 0.313 e. The van der Waals surface area contributed by atoms with E-state index in [0.29, 0.717) is 11.5 Å². The zero-order valence-corrected chi connectivity index (χ0v) is 7.54. The summed E-state index contributed by atoms with van der Waals surface area (Å²) in [5.41, 5.74) is 0.617.